The van der Waals surface area contributed by atoms with Gasteiger partial charge in [0.2, 0.25) is 5.91 Å². The van der Waals surface area contributed by atoms with Crippen LogP contribution in [0.5, 0.6) is 0 Å². The number of rotatable bonds is 4. The molecule has 1 unspecified atom stereocenters. The Morgan fingerprint density at radius 1 is 1.59 bits per heavy atom. The fourth-order valence-electron chi connectivity index (χ4n) is 1.42. The predicted octanol–water partition coefficient (Wildman–Crippen LogP) is 1.42. The quantitative estimate of drug-likeness (QED) is 0.794. The molecule has 2 N–H and O–H groups in total. The van der Waals surface area contributed by atoms with E-state index >= 15 is 0 Å². The van der Waals surface area contributed by atoms with E-state index in [1.165, 1.54) is 4.90 Å². The van der Waals surface area contributed by atoms with Crippen molar-refractivity contribution in [3.63, 3.8) is 0 Å². The molecule has 0 saturated carbocycles. The van der Waals surface area contributed by atoms with Crippen molar-refractivity contribution in [3.05, 3.63) is 42.5 Å². The summed E-state index contributed by atoms with van der Waals surface area (Å²) < 4.78 is 0. The fraction of sp³-hybridized carbons (Fsp3) is 0.231. The molecule has 1 amide bonds. The van der Waals surface area contributed by atoms with E-state index in [0.29, 0.717) is 17.7 Å². The number of nitriles is 1. The second kappa shape index (κ2) is 5.83. The lowest BCUT2D eigenvalue weighted by Crippen LogP contribution is -2.41. The number of nitrogens with two attached hydrogens (primary N) is 1. The van der Waals surface area contributed by atoms with Crippen molar-refractivity contribution in [1.29, 1.82) is 5.26 Å². The molecular formula is C13H15N3O. The van der Waals surface area contributed by atoms with Gasteiger partial charge in [0.15, 0.2) is 0 Å². The maximum Gasteiger partial charge on any atom is 0.243 e. The topological polar surface area (TPSA) is 70.1 Å². The molecule has 1 atom stereocenters. The highest BCUT2D eigenvalue weighted by atomic mass is 16.2. The lowest BCUT2D eigenvalue weighted by atomic mass is 10.1. The molecule has 88 valence electrons. The Morgan fingerprint density at radius 2 is 2.18 bits per heavy atom. The van der Waals surface area contributed by atoms with Gasteiger partial charge in [-0.2, -0.15) is 5.26 Å². The summed E-state index contributed by atoms with van der Waals surface area (Å²) >= 11 is 0. The molecule has 1 rings (SSSR count). The molecule has 0 aromatic heterocycles. The van der Waals surface area contributed by atoms with Gasteiger partial charge in [-0.15, -0.1) is 6.58 Å². The molecule has 0 heterocycles. The van der Waals surface area contributed by atoms with Crippen LogP contribution in [0, 0.1) is 11.3 Å². The van der Waals surface area contributed by atoms with Crippen molar-refractivity contribution in [2.75, 3.05) is 11.9 Å². The zero-order valence-electron chi connectivity index (χ0n) is 9.76. The van der Waals surface area contributed by atoms with Gasteiger partial charge in [0, 0.05) is 12.7 Å². The van der Waals surface area contributed by atoms with Crippen LogP contribution in [0.1, 0.15) is 12.0 Å². The number of carbonyl (C=O) groups is 1. The van der Waals surface area contributed by atoms with E-state index in [2.05, 4.69) is 6.58 Å². The van der Waals surface area contributed by atoms with Crippen LogP contribution in [-0.2, 0) is 4.79 Å². The van der Waals surface area contributed by atoms with Crippen molar-refractivity contribution in [2.24, 2.45) is 5.73 Å². The van der Waals surface area contributed by atoms with Gasteiger partial charge in [0.25, 0.3) is 0 Å². The Hall–Kier alpha value is -2.12. The van der Waals surface area contributed by atoms with Crippen LogP contribution < -0.4 is 10.6 Å². The zero-order chi connectivity index (χ0) is 12.8. The molecule has 0 radical (unpaired) electrons. The summed E-state index contributed by atoms with van der Waals surface area (Å²) in [7, 11) is 1.66. The number of nitrogens with zero attached hydrogens (tertiary/aromatic N) is 2. The lowest BCUT2D eigenvalue weighted by molar-refractivity contribution is -0.119. The van der Waals surface area contributed by atoms with Gasteiger partial charge in [-0.1, -0.05) is 6.08 Å². The van der Waals surface area contributed by atoms with E-state index in [-0.39, 0.29) is 5.91 Å². The first kappa shape index (κ1) is 12.9. The van der Waals surface area contributed by atoms with E-state index < -0.39 is 6.04 Å². The van der Waals surface area contributed by atoms with E-state index in [1.807, 2.05) is 6.07 Å². The molecule has 0 fully saturated rings. The Morgan fingerprint density at radius 3 is 2.65 bits per heavy atom. The van der Waals surface area contributed by atoms with E-state index in [1.54, 1.807) is 37.4 Å². The molecule has 0 aliphatic heterocycles. The summed E-state index contributed by atoms with van der Waals surface area (Å²) in [5.74, 6) is -0.172. The standard InChI is InChI=1S/C13H15N3O/c1-3-4-12(15)13(17)16(2)11-7-5-10(9-14)6-8-11/h3,5-8,12H,1,4,15H2,2H3. The molecule has 0 aliphatic carbocycles. The maximum atomic E-state index is 11.9. The van der Waals surface area contributed by atoms with Gasteiger partial charge in [0.1, 0.15) is 0 Å². The minimum atomic E-state index is -0.576. The first-order chi connectivity index (χ1) is 8.10. The molecule has 1 aromatic carbocycles. The SMILES string of the molecule is C=CCC(N)C(=O)N(C)c1ccc(C#N)cc1. The number of amides is 1. The number of carbonyl (C=O) groups excluding carboxylic acids is 1. The largest absolute Gasteiger partial charge is 0.320 e. The van der Waals surface area contributed by atoms with Gasteiger partial charge in [-0.25, -0.2) is 0 Å². The highest BCUT2D eigenvalue weighted by Gasteiger charge is 2.17. The number of hydrogen-bond donors (Lipinski definition) is 1. The number of likely N-dealkylation sites (N-methyl/N-ethyl adjacent to an activating group) is 1. The molecule has 0 aliphatic rings. The monoisotopic (exact) mass is 229 g/mol. The van der Waals surface area contributed by atoms with Crippen LogP contribution in [0.2, 0.25) is 0 Å². The normalized spacial score (nSPS) is 11.4. The molecule has 17 heavy (non-hydrogen) atoms. The summed E-state index contributed by atoms with van der Waals surface area (Å²) in [6, 6.07) is 8.22. The van der Waals surface area contributed by atoms with E-state index in [9.17, 15) is 4.79 Å². The van der Waals surface area contributed by atoms with Crippen LogP contribution in [0.15, 0.2) is 36.9 Å². The third-order valence-electron chi connectivity index (χ3n) is 2.45. The highest BCUT2D eigenvalue weighted by molar-refractivity contribution is 5.96. The molecule has 0 saturated heterocycles. The molecule has 1 aromatic rings. The van der Waals surface area contributed by atoms with Crippen molar-refractivity contribution in [2.45, 2.75) is 12.5 Å². The first-order valence-electron chi connectivity index (χ1n) is 5.24. The fourth-order valence-corrected chi connectivity index (χ4v) is 1.42. The van der Waals surface area contributed by atoms with Gasteiger partial charge < -0.3 is 10.6 Å². The Bertz CT molecular complexity index is 445. The zero-order valence-corrected chi connectivity index (χ0v) is 9.76. The third-order valence-corrected chi connectivity index (χ3v) is 2.45. The maximum absolute atomic E-state index is 11.9. The molecule has 0 spiro atoms. The summed E-state index contributed by atoms with van der Waals surface area (Å²) in [6.07, 6.45) is 2.06. The summed E-state index contributed by atoms with van der Waals surface area (Å²) in [5.41, 5.74) is 6.98. The van der Waals surface area contributed by atoms with Crippen LogP contribution >= 0.6 is 0 Å². The number of hydrogen-bond acceptors (Lipinski definition) is 3. The summed E-state index contributed by atoms with van der Waals surface area (Å²) in [5, 5.41) is 8.67. The van der Waals surface area contributed by atoms with Crippen LogP contribution in [0.4, 0.5) is 5.69 Å². The van der Waals surface area contributed by atoms with Crippen molar-refractivity contribution >= 4 is 11.6 Å². The number of benzene rings is 1. The third kappa shape index (κ3) is 3.16. The summed E-state index contributed by atoms with van der Waals surface area (Å²) in [6.45, 7) is 3.55. The van der Waals surface area contributed by atoms with Gasteiger partial charge in [0.05, 0.1) is 17.7 Å². The molecular weight excluding hydrogens is 214 g/mol. The Kier molecular flexibility index (Phi) is 4.44. The van der Waals surface area contributed by atoms with Gasteiger partial charge in [-0.05, 0) is 30.7 Å². The smallest absolute Gasteiger partial charge is 0.243 e. The van der Waals surface area contributed by atoms with Crippen molar-refractivity contribution < 1.29 is 4.79 Å². The van der Waals surface area contributed by atoms with Crippen LogP contribution in [-0.4, -0.2) is 19.0 Å². The van der Waals surface area contributed by atoms with Gasteiger partial charge >= 0.3 is 0 Å². The van der Waals surface area contributed by atoms with Crippen molar-refractivity contribution in [3.8, 4) is 6.07 Å². The highest BCUT2D eigenvalue weighted by Crippen LogP contribution is 2.14. The Labute approximate surface area is 101 Å². The van der Waals surface area contributed by atoms with E-state index in [4.69, 9.17) is 11.0 Å². The predicted molar refractivity (Wildman–Crippen MR) is 67.4 cm³/mol. The number of anilines is 1. The van der Waals surface area contributed by atoms with Crippen LogP contribution in [0.25, 0.3) is 0 Å². The second-order valence-electron chi connectivity index (χ2n) is 3.69. The van der Waals surface area contributed by atoms with Crippen LogP contribution in [0.3, 0.4) is 0 Å². The minimum absolute atomic E-state index is 0.172. The average Bonchev–Trinajstić information content (AvgIpc) is 2.37. The average molecular weight is 229 g/mol. The van der Waals surface area contributed by atoms with E-state index in [0.717, 1.165) is 0 Å². The first-order valence-corrected chi connectivity index (χ1v) is 5.24. The second-order valence-corrected chi connectivity index (χ2v) is 3.69. The van der Waals surface area contributed by atoms with Gasteiger partial charge in [-0.3, -0.25) is 4.79 Å². The molecule has 4 nitrogen and oxygen atoms in total. The van der Waals surface area contributed by atoms with Crippen molar-refractivity contribution in [1.82, 2.24) is 0 Å². The molecule has 4 heteroatoms. The Balaban J connectivity index is 2.81. The minimum Gasteiger partial charge on any atom is -0.320 e. The lowest BCUT2D eigenvalue weighted by Gasteiger charge is -2.20. The molecule has 0 bridgehead atoms. The summed E-state index contributed by atoms with van der Waals surface area (Å²) in [4.78, 5) is 13.4.